The summed E-state index contributed by atoms with van der Waals surface area (Å²) in [4.78, 5) is 12.2. The van der Waals surface area contributed by atoms with Crippen LogP contribution in [0.1, 0.15) is 14.8 Å². The number of carbonyl (C=O) groups excluding carboxylic acids is 1. The molecule has 0 aliphatic carbocycles. The van der Waals surface area contributed by atoms with Gasteiger partial charge >= 0.3 is 0 Å². The third kappa shape index (κ3) is 4.70. The molecule has 0 saturated carbocycles. The van der Waals surface area contributed by atoms with Crippen LogP contribution in [0.2, 0.25) is 0 Å². The Labute approximate surface area is 157 Å². The molecule has 27 heavy (non-hydrogen) atoms. The predicted octanol–water partition coefficient (Wildman–Crippen LogP) is 2.55. The van der Waals surface area contributed by atoms with Crippen LogP contribution < -0.4 is 10.0 Å². The number of hydrogen-bond acceptors (Lipinski definition) is 6. The molecule has 0 atom stereocenters. The summed E-state index contributed by atoms with van der Waals surface area (Å²) in [7, 11) is -3.72. The van der Waals surface area contributed by atoms with Crippen molar-refractivity contribution in [1.82, 2.24) is 14.9 Å². The molecule has 0 radical (unpaired) electrons. The Balaban J connectivity index is 1.65. The third-order valence-electron chi connectivity index (χ3n) is 3.31. The van der Waals surface area contributed by atoms with Crippen molar-refractivity contribution in [2.24, 2.45) is 0 Å². The van der Waals surface area contributed by atoms with Crippen LogP contribution in [0.15, 0.2) is 53.4 Å². The van der Waals surface area contributed by atoms with E-state index in [1.54, 1.807) is 18.2 Å². The maximum absolute atomic E-state index is 13.6. The highest BCUT2D eigenvalue weighted by atomic mass is 32.2. The zero-order chi connectivity index (χ0) is 19.4. The Morgan fingerprint density at radius 2 is 1.81 bits per heavy atom. The number of sulfonamides is 1. The van der Waals surface area contributed by atoms with Crippen LogP contribution >= 0.6 is 11.3 Å². The maximum atomic E-state index is 13.6. The molecular weight excluding hydrogens is 398 g/mol. The summed E-state index contributed by atoms with van der Waals surface area (Å²) in [6.07, 6.45) is 0. The van der Waals surface area contributed by atoms with Crippen LogP contribution in [0.3, 0.4) is 0 Å². The second-order valence-electron chi connectivity index (χ2n) is 5.22. The van der Waals surface area contributed by atoms with E-state index in [0.29, 0.717) is 6.07 Å². The minimum atomic E-state index is -3.72. The molecule has 0 fully saturated rings. The lowest BCUT2D eigenvalue weighted by atomic mass is 10.3. The van der Waals surface area contributed by atoms with E-state index in [1.807, 2.05) is 0 Å². The zero-order valence-electron chi connectivity index (χ0n) is 13.5. The number of halogens is 2. The molecule has 1 amide bonds. The van der Waals surface area contributed by atoms with E-state index < -0.39 is 27.6 Å². The molecule has 140 valence electrons. The van der Waals surface area contributed by atoms with Gasteiger partial charge in [-0.3, -0.25) is 4.79 Å². The van der Waals surface area contributed by atoms with Crippen LogP contribution in [0, 0.1) is 11.6 Å². The molecule has 1 aromatic heterocycles. The Kier molecular flexibility index (Phi) is 5.54. The Morgan fingerprint density at radius 3 is 2.52 bits per heavy atom. The van der Waals surface area contributed by atoms with Crippen molar-refractivity contribution in [2.75, 3.05) is 5.32 Å². The highest BCUT2D eigenvalue weighted by Gasteiger charge is 2.18. The maximum Gasteiger partial charge on any atom is 0.286 e. The summed E-state index contributed by atoms with van der Waals surface area (Å²) < 4.78 is 53.1. The van der Waals surface area contributed by atoms with Gasteiger partial charge in [-0.05, 0) is 24.3 Å². The van der Waals surface area contributed by atoms with Crippen LogP contribution in [0.4, 0.5) is 14.5 Å². The van der Waals surface area contributed by atoms with Crippen molar-refractivity contribution in [1.29, 1.82) is 0 Å². The summed E-state index contributed by atoms with van der Waals surface area (Å²) >= 11 is 0.847. The Morgan fingerprint density at radius 1 is 1.07 bits per heavy atom. The van der Waals surface area contributed by atoms with Crippen molar-refractivity contribution in [3.8, 4) is 0 Å². The normalized spacial score (nSPS) is 11.3. The van der Waals surface area contributed by atoms with Gasteiger partial charge < -0.3 is 5.32 Å². The van der Waals surface area contributed by atoms with Crippen molar-refractivity contribution in [3.05, 3.63) is 70.2 Å². The average molecular weight is 410 g/mol. The van der Waals surface area contributed by atoms with Crippen molar-refractivity contribution < 1.29 is 22.0 Å². The fourth-order valence-electron chi connectivity index (χ4n) is 2.02. The summed E-state index contributed by atoms with van der Waals surface area (Å²) in [5.74, 6) is -2.44. The Hall–Kier alpha value is -2.76. The van der Waals surface area contributed by atoms with Gasteiger partial charge in [0, 0.05) is 6.07 Å². The van der Waals surface area contributed by atoms with Crippen molar-refractivity contribution in [3.63, 3.8) is 0 Å². The molecule has 1 heterocycles. The van der Waals surface area contributed by atoms with E-state index in [9.17, 15) is 22.0 Å². The second kappa shape index (κ2) is 7.86. The first kappa shape index (κ1) is 19.0. The number of nitrogens with one attached hydrogen (secondary N) is 2. The number of carbonyl (C=O) groups is 1. The minimum absolute atomic E-state index is 0.0902. The average Bonchev–Trinajstić information content (AvgIpc) is 3.12. The predicted molar refractivity (Wildman–Crippen MR) is 94.7 cm³/mol. The first-order valence-corrected chi connectivity index (χ1v) is 9.78. The molecule has 3 aromatic rings. The van der Waals surface area contributed by atoms with Gasteiger partial charge in [-0.25, -0.2) is 21.9 Å². The highest BCUT2D eigenvalue weighted by molar-refractivity contribution is 7.89. The van der Waals surface area contributed by atoms with Crippen molar-refractivity contribution >= 4 is 33.0 Å². The first-order valence-electron chi connectivity index (χ1n) is 7.48. The number of nitrogens with zero attached hydrogens (tertiary/aromatic N) is 2. The van der Waals surface area contributed by atoms with Gasteiger partial charge in [-0.1, -0.05) is 29.5 Å². The van der Waals surface area contributed by atoms with E-state index in [-0.39, 0.29) is 27.1 Å². The lowest BCUT2D eigenvalue weighted by Crippen LogP contribution is -2.23. The lowest BCUT2D eigenvalue weighted by Gasteiger charge is -2.04. The van der Waals surface area contributed by atoms with Crippen molar-refractivity contribution in [2.45, 2.75) is 11.4 Å². The standard InChI is InChI=1S/C16H12F2N4O3S2/c17-10-6-7-13(12(18)8-10)20-15(23)16-22-21-14(26-16)9-19-27(24,25)11-4-2-1-3-5-11/h1-8,19H,9H2,(H,20,23). The van der Waals surface area contributed by atoms with Crippen LogP contribution in [0.25, 0.3) is 0 Å². The number of anilines is 1. The summed E-state index contributed by atoms with van der Waals surface area (Å²) in [6, 6.07) is 10.5. The number of rotatable bonds is 6. The fraction of sp³-hybridized carbons (Fsp3) is 0.0625. The quantitative estimate of drug-likeness (QED) is 0.650. The SMILES string of the molecule is O=C(Nc1ccc(F)cc1F)c1nnc(CNS(=O)(=O)c2ccccc2)s1. The van der Waals surface area contributed by atoms with Gasteiger partial charge in [-0.2, -0.15) is 0 Å². The molecule has 0 aliphatic rings. The molecular formula is C16H12F2N4O3S2. The van der Waals surface area contributed by atoms with Gasteiger partial charge in [0.15, 0.2) is 0 Å². The molecule has 0 aliphatic heterocycles. The molecule has 7 nitrogen and oxygen atoms in total. The molecule has 0 unspecified atom stereocenters. The largest absolute Gasteiger partial charge is 0.317 e. The van der Waals surface area contributed by atoms with Gasteiger partial charge in [0.25, 0.3) is 5.91 Å². The monoisotopic (exact) mass is 410 g/mol. The lowest BCUT2D eigenvalue weighted by molar-refractivity contribution is 0.102. The summed E-state index contributed by atoms with van der Waals surface area (Å²) in [6.45, 7) is -0.160. The van der Waals surface area contributed by atoms with E-state index in [2.05, 4.69) is 20.2 Å². The van der Waals surface area contributed by atoms with E-state index in [4.69, 9.17) is 0 Å². The minimum Gasteiger partial charge on any atom is -0.317 e. The van der Waals surface area contributed by atoms with E-state index in [0.717, 1.165) is 23.5 Å². The first-order chi connectivity index (χ1) is 12.8. The van der Waals surface area contributed by atoms with Crippen LogP contribution in [0.5, 0.6) is 0 Å². The number of benzene rings is 2. The van der Waals surface area contributed by atoms with Crippen LogP contribution in [-0.2, 0) is 16.6 Å². The molecule has 3 rings (SSSR count). The van der Waals surface area contributed by atoms with Gasteiger partial charge in [-0.15, -0.1) is 10.2 Å². The third-order valence-corrected chi connectivity index (χ3v) is 5.65. The Bertz CT molecular complexity index is 1070. The summed E-state index contributed by atoms with van der Waals surface area (Å²) in [5.41, 5.74) is -0.206. The second-order valence-corrected chi connectivity index (χ2v) is 8.05. The van der Waals surface area contributed by atoms with E-state index in [1.165, 1.54) is 12.1 Å². The highest BCUT2D eigenvalue weighted by Crippen LogP contribution is 2.18. The molecule has 0 bridgehead atoms. The van der Waals surface area contributed by atoms with E-state index >= 15 is 0 Å². The van der Waals surface area contributed by atoms with Gasteiger partial charge in [0.1, 0.15) is 16.6 Å². The van der Waals surface area contributed by atoms with Crippen LogP contribution in [-0.4, -0.2) is 24.5 Å². The molecule has 0 saturated heterocycles. The molecule has 11 heteroatoms. The molecule has 0 spiro atoms. The molecule has 2 N–H and O–H groups in total. The fourth-order valence-corrected chi connectivity index (χ4v) is 3.80. The smallest absolute Gasteiger partial charge is 0.286 e. The van der Waals surface area contributed by atoms with Gasteiger partial charge in [0.2, 0.25) is 15.0 Å². The number of aromatic nitrogens is 2. The topological polar surface area (TPSA) is 101 Å². The number of hydrogen-bond donors (Lipinski definition) is 2. The van der Waals surface area contributed by atoms with Gasteiger partial charge in [0.05, 0.1) is 17.1 Å². The zero-order valence-corrected chi connectivity index (χ0v) is 15.2. The summed E-state index contributed by atoms with van der Waals surface area (Å²) in [5, 5.41) is 9.81. The molecule has 2 aromatic carbocycles. The number of amides is 1.